The number of ether oxygens (including phenoxy) is 2. The first-order valence-corrected chi connectivity index (χ1v) is 5.40. The fourth-order valence-electron chi connectivity index (χ4n) is 1.46. The summed E-state index contributed by atoms with van der Waals surface area (Å²) in [7, 11) is 2.98. The van der Waals surface area contributed by atoms with Crippen LogP contribution in [-0.2, 0) is 4.74 Å². The molecule has 6 nitrogen and oxygen atoms in total. The highest BCUT2D eigenvalue weighted by Crippen LogP contribution is 2.22. The molecule has 0 aliphatic rings. The normalized spacial score (nSPS) is 11.9. The molecule has 1 atom stereocenters. The minimum Gasteiger partial charge on any atom is -0.497 e. The van der Waals surface area contributed by atoms with Crippen LogP contribution in [0.5, 0.6) is 5.75 Å². The van der Waals surface area contributed by atoms with Crippen molar-refractivity contribution in [1.29, 1.82) is 0 Å². The average molecular weight is 255 g/mol. The lowest BCUT2D eigenvalue weighted by molar-refractivity contribution is 0.0693. The Morgan fingerprint density at radius 3 is 2.72 bits per heavy atom. The first kappa shape index (κ1) is 14.3. The van der Waals surface area contributed by atoms with Crippen molar-refractivity contribution in [3.63, 3.8) is 0 Å². The number of aliphatic hydroxyl groups is 1. The Morgan fingerprint density at radius 2 is 2.17 bits per heavy atom. The summed E-state index contributed by atoms with van der Waals surface area (Å²) in [5.74, 6) is -0.495. The van der Waals surface area contributed by atoms with Gasteiger partial charge in [-0.2, -0.15) is 0 Å². The van der Waals surface area contributed by atoms with Crippen molar-refractivity contribution in [3.8, 4) is 5.75 Å². The molecule has 6 heteroatoms. The number of hydrogen-bond acceptors (Lipinski definition) is 5. The third-order valence-corrected chi connectivity index (χ3v) is 2.34. The zero-order valence-corrected chi connectivity index (χ0v) is 10.3. The van der Waals surface area contributed by atoms with E-state index in [0.717, 1.165) is 0 Å². The highest BCUT2D eigenvalue weighted by Gasteiger charge is 2.12. The van der Waals surface area contributed by atoms with Gasteiger partial charge in [0.25, 0.3) is 0 Å². The number of anilines is 1. The molecule has 1 aromatic carbocycles. The zero-order valence-electron chi connectivity index (χ0n) is 10.3. The Morgan fingerprint density at radius 1 is 1.44 bits per heavy atom. The van der Waals surface area contributed by atoms with Crippen molar-refractivity contribution in [2.45, 2.75) is 6.10 Å². The molecule has 18 heavy (non-hydrogen) atoms. The van der Waals surface area contributed by atoms with Crippen LogP contribution in [0, 0.1) is 0 Å². The van der Waals surface area contributed by atoms with Crippen molar-refractivity contribution in [3.05, 3.63) is 23.8 Å². The van der Waals surface area contributed by atoms with Crippen LogP contribution in [0.2, 0.25) is 0 Å². The average Bonchev–Trinajstić information content (AvgIpc) is 2.36. The molecule has 0 amide bonds. The molecule has 0 spiro atoms. The number of carbonyl (C=O) groups is 1. The third kappa shape index (κ3) is 3.90. The van der Waals surface area contributed by atoms with E-state index in [-0.39, 0.29) is 18.7 Å². The third-order valence-electron chi connectivity index (χ3n) is 2.34. The molecule has 1 rings (SSSR count). The Labute approximate surface area is 105 Å². The molecule has 0 saturated heterocycles. The molecular formula is C12H17NO5. The van der Waals surface area contributed by atoms with Crippen LogP contribution in [0.3, 0.4) is 0 Å². The first-order valence-electron chi connectivity index (χ1n) is 5.40. The summed E-state index contributed by atoms with van der Waals surface area (Å²) in [6.07, 6.45) is -0.706. The Hall–Kier alpha value is -1.79. The number of rotatable bonds is 7. The van der Waals surface area contributed by atoms with Gasteiger partial charge in [-0.1, -0.05) is 0 Å². The monoisotopic (exact) mass is 255 g/mol. The number of hydrogen-bond donors (Lipinski definition) is 3. The summed E-state index contributed by atoms with van der Waals surface area (Å²) in [6, 6.07) is 4.59. The van der Waals surface area contributed by atoms with E-state index >= 15 is 0 Å². The number of carboxylic acids is 1. The van der Waals surface area contributed by atoms with Gasteiger partial charge in [-0.15, -0.1) is 0 Å². The molecule has 0 radical (unpaired) electrons. The Kier molecular flexibility index (Phi) is 5.41. The van der Waals surface area contributed by atoms with Gasteiger partial charge in [0, 0.05) is 19.7 Å². The molecular weight excluding hydrogens is 238 g/mol. The zero-order chi connectivity index (χ0) is 13.5. The topological polar surface area (TPSA) is 88.0 Å². The van der Waals surface area contributed by atoms with Crippen molar-refractivity contribution < 1.29 is 24.5 Å². The number of carboxylic acid groups (broad SMARTS) is 1. The second-order valence-corrected chi connectivity index (χ2v) is 3.71. The smallest absolute Gasteiger partial charge is 0.337 e. The molecule has 0 aliphatic carbocycles. The number of benzene rings is 1. The van der Waals surface area contributed by atoms with E-state index in [9.17, 15) is 9.90 Å². The van der Waals surface area contributed by atoms with E-state index in [4.69, 9.17) is 14.6 Å². The number of methoxy groups -OCH3 is 2. The lowest BCUT2D eigenvalue weighted by atomic mass is 10.1. The Balaban J connectivity index is 2.80. The molecule has 0 fully saturated rings. The van der Waals surface area contributed by atoms with Gasteiger partial charge in [0.15, 0.2) is 0 Å². The van der Waals surface area contributed by atoms with Gasteiger partial charge >= 0.3 is 5.97 Å². The lowest BCUT2D eigenvalue weighted by Crippen LogP contribution is -2.24. The van der Waals surface area contributed by atoms with Gasteiger partial charge < -0.3 is 25.0 Å². The minimum atomic E-state index is -1.04. The molecule has 1 aromatic rings. The number of aliphatic hydroxyl groups excluding tert-OH is 1. The van der Waals surface area contributed by atoms with Crippen LogP contribution >= 0.6 is 0 Å². The van der Waals surface area contributed by atoms with Crippen LogP contribution in [0.15, 0.2) is 18.2 Å². The van der Waals surface area contributed by atoms with Gasteiger partial charge in [-0.25, -0.2) is 4.79 Å². The van der Waals surface area contributed by atoms with E-state index in [1.807, 2.05) is 0 Å². The van der Waals surface area contributed by atoms with E-state index in [0.29, 0.717) is 11.4 Å². The molecule has 0 saturated carbocycles. The summed E-state index contributed by atoms with van der Waals surface area (Å²) in [5, 5.41) is 21.4. The summed E-state index contributed by atoms with van der Waals surface area (Å²) < 4.78 is 9.81. The van der Waals surface area contributed by atoms with Crippen molar-refractivity contribution in [2.75, 3.05) is 32.7 Å². The second-order valence-electron chi connectivity index (χ2n) is 3.71. The standard InChI is InChI=1S/C12H17NO5/c1-17-7-8(14)6-13-11-5-9(18-2)3-4-10(11)12(15)16/h3-5,8,13-14H,6-7H2,1-2H3,(H,15,16). The van der Waals surface area contributed by atoms with Gasteiger partial charge in [-0.3, -0.25) is 0 Å². The predicted molar refractivity (Wildman–Crippen MR) is 66.3 cm³/mol. The molecule has 0 heterocycles. The van der Waals surface area contributed by atoms with E-state index < -0.39 is 12.1 Å². The van der Waals surface area contributed by atoms with Crippen LogP contribution in [0.1, 0.15) is 10.4 Å². The molecule has 100 valence electrons. The first-order chi connectivity index (χ1) is 8.58. The molecule has 0 aromatic heterocycles. The van der Waals surface area contributed by atoms with Crippen LogP contribution in [0.4, 0.5) is 5.69 Å². The van der Waals surface area contributed by atoms with E-state index in [2.05, 4.69) is 5.32 Å². The fraction of sp³-hybridized carbons (Fsp3) is 0.417. The highest BCUT2D eigenvalue weighted by molar-refractivity contribution is 5.94. The predicted octanol–water partition coefficient (Wildman–Crippen LogP) is 0.813. The second kappa shape index (κ2) is 6.83. The van der Waals surface area contributed by atoms with Crippen molar-refractivity contribution in [1.82, 2.24) is 0 Å². The highest BCUT2D eigenvalue weighted by atomic mass is 16.5. The maximum atomic E-state index is 11.0. The van der Waals surface area contributed by atoms with Crippen molar-refractivity contribution in [2.24, 2.45) is 0 Å². The maximum Gasteiger partial charge on any atom is 0.337 e. The summed E-state index contributed by atoms with van der Waals surface area (Å²) in [4.78, 5) is 11.0. The van der Waals surface area contributed by atoms with Gasteiger partial charge in [0.05, 0.1) is 31.1 Å². The van der Waals surface area contributed by atoms with Crippen LogP contribution < -0.4 is 10.1 Å². The van der Waals surface area contributed by atoms with Gasteiger partial charge in [-0.05, 0) is 12.1 Å². The van der Waals surface area contributed by atoms with E-state index in [1.165, 1.54) is 20.3 Å². The van der Waals surface area contributed by atoms with Crippen LogP contribution in [0.25, 0.3) is 0 Å². The molecule has 3 N–H and O–H groups in total. The van der Waals surface area contributed by atoms with Gasteiger partial charge in [0.2, 0.25) is 0 Å². The summed E-state index contributed by atoms with van der Waals surface area (Å²) in [5.41, 5.74) is 0.525. The SMILES string of the molecule is COCC(O)CNc1cc(OC)ccc1C(=O)O. The van der Waals surface area contributed by atoms with E-state index in [1.54, 1.807) is 12.1 Å². The van der Waals surface area contributed by atoms with Crippen molar-refractivity contribution >= 4 is 11.7 Å². The lowest BCUT2D eigenvalue weighted by Gasteiger charge is -2.14. The van der Waals surface area contributed by atoms with Gasteiger partial charge in [0.1, 0.15) is 5.75 Å². The molecule has 0 aliphatic heterocycles. The quantitative estimate of drug-likeness (QED) is 0.668. The number of aromatic carboxylic acids is 1. The summed E-state index contributed by atoms with van der Waals surface area (Å²) >= 11 is 0. The minimum absolute atomic E-state index is 0.125. The maximum absolute atomic E-state index is 11.0. The fourth-order valence-corrected chi connectivity index (χ4v) is 1.46. The van der Waals surface area contributed by atoms with Crippen LogP contribution in [-0.4, -0.2) is 49.7 Å². The Bertz CT molecular complexity index is 407. The summed E-state index contributed by atoms with van der Waals surface area (Å²) in [6.45, 7) is 0.376. The molecule has 1 unspecified atom stereocenters. The molecule has 0 bridgehead atoms. The number of nitrogens with one attached hydrogen (secondary N) is 1. The largest absolute Gasteiger partial charge is 0.497 e.